The molecule has 0 aliphatic heterocycles. The first-order chi connectivity index (χ1) is 9.03. The average Bonchev–Trinajstić information content (AvgIpc) is 2.74. The second-order valence-electron chi connectivity index (χ2n) is 5.36. The van der Waals surface area contributed by atoms with Gasteiger partial charge in [0.05, 0.1) is 6.61 Å². The summed E-state index contributed by atoms with van der Waals surface area (Å²) >= 11 is 5.79. The molecule has 1 saturated carbocycles. The third-order valence-electron chi connectivity index (χ3n) is 3.85. The number of nitrogens with one attached hydrogen (secondary N) is 2. The molecule has 2 atom stereocenters. The molecule has 0 heterocycles. The fraction of sp³-hybridized carbons (Fsp3) is 0.500. The Hall–Kier alpha value is -1.26. The maximum atomic E-state index is 11.9. The van der Waals surface area contributed by atoms with Crippen LogP contribution >= 0.6 is 11.6 Å². The van der Waals surface area contributed by atoms with Gasteiger partial charge in [-0.25, -0.2) is 4.79 Å². The van der Waals surface area contributed by atoms with Crippen molar-refractivity contribution < 1.29 is 9.90 Å². The SMILES string of the molecule is CC1(CO)CCCC1NC(=O)Nc1ccc(Cl)cc1. The van der Waals surface area contributed by atoms with Crippen molar-refractivity contribution in [3.05, 3.63) is 29.3 Å². The van der Waals surface area contributed by atoms with Gasteiger partial charge in [-0.1, -0.05) is 24.9 Å². The lowest BCUT2D eigenvalue weighted by Gasteiger charge is -2.30. The lowest BCUT2D eigenvalue weighted by molar-refractivity contribution is 0.122. The minimum atomic E-state index is -0.242. The predicted octanol–water partition coefficient (Wildman–Crippen LogP) is 3.01. The fourth-order valence-corrected chi connectivity index (χ4v) is 2.65. The number of rotatable bonds is 3. The van der Waals surface area contributed by atoms with Gasteiger partial charge in [0.25, 0.3) is 0 Å². The minimum Gasteiger partial charge on any atom is -0.396 e. The molecular weight excluding hydrogens is 264 g/mol. The molecular formula is C14H19ClN2O2. The summed E-state index contributed by atoms with van der Waals surface area (Å²) < 4.78 is 0. The van der Waals surface area contributed by atoms with Crippen molar-refractivity contribution in [3.8, 4) is 0 Å². The third-order valence-corrected chi connectivity index (χ3v) is 4.10. The first kappa shape index (κ1) is 14.2. The highest BCUT2D eigenvalue weighted by Gasteiger charge is 2.39. The number of urea groups is 1. The Bertz CT molecular complexity index is 449. The maximum Gasteiger partial charge on any atom is 0.319 e. The van der Waals surface area contributed by atoms with Gasteiger partial charge in [-0.05, 0) is 37.1 Å². The summed E-state index contributed by atoms with van der Waals surface area (Å²) in [5.41, 5.74) is 0.489. The molecule has 3 N–H and O–H groups in total. The van der Waals surface area contributed by atoms with Crippen LogP contribution in [0.2, 0.25) is 5.02 Å². The zero-order valence-electron chi connectivity index (χ0n) is 10.9. The zero-order chi connectivity index (χ0) is 13.9. The maximum absolute atomic E-state index is 11.9. The summed E-state index contributed by atoms with van der Waals surface area (Å²) in [4.78, 5) is 11.9. The molecule has 19 heavy (non-hydrogen) atoms. The van der Waals surface area contributed by atoms with Gasteiger partial charge in [0, 0.05) is 22.2 Å². The molecule has 2 rings (SSSR count). The smallest absolute Gasteiger partial charge is 0.319 e. The van der Waals surface area contributed by atoms with Gasteiger partial charge in [0.1, 0.15) is 0 Å². The Kier molecular flexibility index (Phi) is 4.32. The molecule has 1 fully saturated rings. The van der Waals surface area contributed by atoms with Crippen LogP contribution in [0.15, 0.2) is 24.3 Å². The van der Waals surface area contributed by atoms with Crippen molar-refractivity contribution in [2.24, 2.45) is 5.41 Å². The normalized spacial score (nSPS) is 26.2. The van der Waals surface area contributed by atoms with Gasteiger partial charge in [-0.15, -0.1) is 0 Å². The van der Waals surface area contributed by atoms with E-state index < -0.39 is 0 Å². The third kappa shape index (κ3) is 3.39. The number of hydrogen-bond acceptors (Lipinski definition) is 2. The van der Waals surface area contributed by atoms with E-state index in [2.05, 4.69) is 10.6 Å². The van der Waals surface area contributed by atoms with Crippen molar-refractivity contribution in [1.29, 1.82) is 0 Å². The number of hydrogen-bond donors (Lipinski definition) is 3. The number of benzene rings is 1. The van der Waals surface area contributed by atoms with Crippen LogP contribution in [0.3, 0.4) is 0 Å². The highest BCUT2D eigenvalue weighted by Crippen LogP contribution is 2.37. The minimum absolute atomic E-state index is 0.0183. The van der Waals surface area contributed by atoms with Crippen LogP contribution < -0.4 is 10.6 Å². The van der Waals surface area contributed by atoms with Gasteiger partial charge < -0.3 is 15.7 Å². The summed E-state index contributed by atoms with van der Waals surface area (Å²) in [7, 11) is 0. The number of aliphatic hydroxyl groups excluding tert-OH is 1. The number of amides is 2. The second kappa shape index (κ2) is 5.80. The Morgan fingerprint density at radius 2 is 2.16 bits per heavy atom. The molecule has 0 bridgehead atoms. The summed E-state index contributed by atoms with van der Waals surface area (Å²) in [6.45, 7) is 2.10. The molecule has 4 nitrogen and oxygen atoms in total. The monoisotopic (exact) mass is 282 g/mol. The van der Waals surface area contributed by atoms with Crippen molar-refractivity contribution in [3.63, 3.8) is 0 Å². The molecule has 1 aliphatic carbocycles. The van der Waals surface area contributed by atoms with Crippen molar-refractivity contribution >= 4 is 23.3 Å². The number of aliphatic hydroxyl groups is 1. The highest BCUT2D eigenvalue weighted by molar-refractivity contribution is 6.30. The number of carbonyl (C=O) groups excluding carboxylic acids is 1. The topological polar surface area (TPSA) is 61.4 Å². The van der Waals surface area contributed by atoms with E-state index in [0.29, 0.717) is 10.7 Å². The van der Waals surface area contributed by atoms with Gasteiger partial charge in [0.15, 0.2) is 0 Å². The number of carbonyl (C=O) groups is 1. The summed E-state index contributed by atoms with van der Waals surface area (Å²) in [6.07, 6.45) is 2.88. The van der Waals surface area contributed by atoms with Gasteiger partial charge in [-0.2, -0.15) is 0 Å². The summed E-state index contributed by atoms with van der Waals surface area (Å²) in [6, 6.07) is 6.73. The first-order valence-electron chi connectivity index (χ1n) is 6.47. The fourth-order valence-electron chi connectivity index (χ4n) is 2.53. The Morgan fingerprint density at radius 3 is 2.79 bits per heavy atom. The molecule has 0 spiro atoms. The van der Waals surface area contributed by atoms with Crippen LogP contribution in [0.25, 0.3) is 0 Å². The molecule has 5 heteroatoms. The lowest BCUT2D eigenvalue weighted by atomic mass is 9.86. The van der Waals surface area contributed by atoms with Crippen LogP contribution in [0.4, 0.5) is 10.5 Å². The van der Waals surface area contributed by atoms with E-state index in [1.54, 1.807) is 24.3 Å². The van der Waals surface area contributed by atoms with Crippen LogP contribution in [-0.2, 0) is 0 Å². The first-order valence-corrected chi connectivity index (χ1v) is 6.85. The number of anilines is 1. The van der Waals surface area contributed by atoms with E-state index in [4.69, 9.17) is 11.6 Å². The summed E-state index contributed by atoms with van der Waals surface area (Å²) in [5.74, 6) is 0. The van der Waals surface area contributed by atoms with Crippen molar-refractivity contribution in [2.45, 2.75) is 32.2 Å². The second-order valence-corrected chi connectivity index (χ2v) is 5.80. The molecule has 0 aromatic heterocycles. The molecule has 0 radical (unpaired) electrons. The molecule has 1 aliphatic rings. The van der Waals surface area contributed by atoms with Crippen molar-refractivity contribution in [1.82, 2.24) is 5.32 Å². The average molecular weight is 283 g/mol. The van der Waals surface area contributed by atoms with Gasteiger partial charge in [0.2, 0.25) is 0 Å². The van der Waals surface area contributed by atoms with Crippen LogP contribution in [0.5, 0.6) is 0 Å². The standard InChI is InChI=1S/C14H19ClN2O2/c1-14(9-18)8-2-3-12(14)17-13(19)16-11-6-4-10(15)5-7-11/h4-7,12,18H,2-3,8-9H2,1H3,(H2,16,17,19). The van der Waals surface area contributed by atoms with Crippen LogP contribution in [-0.4, -0.2) is 23.8 Å². The van der Waals surface area contributed by atoms with E-state index in [1.807, 2.05) is 6.92 Å². The van der Waals surface area contributed by atoms with E-state index in [1.165, 1.54) is 0 Å². The van der Waals surface area contributed by atoms with E-state index >= 15 is 0 Å². The molecule has 1 aromatic carbocycles. The predicted molar refractivity (Wildman–Crippen MR) is 76.4 cm³/mol. The molecule has 2 unspecified atom stereocenters. The lowest BCUT2D eigenvalue weighted by Crippen LogP contribution is -2.46. The zero-order valence-corrected chi connectivity index (χ0v) is 11.7. The summed E-state index contributed by atoms with van der Waals surface area (Å²) in [5, 5.41) is 15.8. The van der Waals surface area contributed by atoms with Crippen LogP contribution in [0, 0.1) is 5.41 Å². The highest BCUT2D eigenvalue weighted by atomic mass is 35.5. The quantitative estimate of drug-likeness (QED) is 0.798. The Labute approximate surface area is 118 Å². The molecule has 104 valence electrons. The molecule has 2 amide bonds. The molecule has 0 saturated heterocycles. The van der Waals surface area contributed by atoms with E-state index in [0.717, 1.165) is 19.3 Å². The van der Waals surface area contributed by atoms with E-state index in [9.17, 15) is 9.90 Å². The van der Waals surface area contributed by atoms with Gasteiger partial charge in [-0.3, -0.25) is 0 Å². The Balaban J connectivity index is 1.92. The van der Waals surface area contributed by atoms with Gasteiger partial charge >= 0.3 is 6.03 Å². The van der Waals surface area contributed by atoms with Crippen molar-refractivity contribution in [2.75, 3.05) is 11.9 Å². The van der Waals surface area contributed by atoms with E-state index in [-0.39, 0.29) is 24.1 Å². The van der Waals surface area contributed by atoms with Crippen LogP contribution in [0.1, 0.15) is 26.2 Å². The largest absolute Gasteiger partial charge is 0.396 e. The Morgan fingerprint density at radius 1 is 1.47 bits per heavy atom. The molecule has 1 aromatic rings. The number of halogens is 1.